The van der Waals surface area contributed by atoms with Gasteiger partial charge in [0.25, 0.3) is 0 Å². The zero-order valence-electron chi connectivity index (χ0n) is 11.3. The van der Waals surface area contributed by atoms with Gasteiger partial charge in [0, 0.05) is 18.5 Å². The average Bonchev–Trinajstić information content (AvgIpc) is 2.27. The first-order chi connectivity index (χ1) is 7.88. The minimum atomic E-state index is -0.356. The van der Waals surface area contributed by atoms with Crippen LogP contribution in [0.15, 0.2) is 30.3 Å². The first-order valence-corrected chi connectivity index (χ1v) is 5.99. The van der Waals surface area contributed by atoms with E-state index in [-0.39, 0.29) is 29.8 Å². The maximum atomic E-state index is 11.7. The molecule has 0 saturated carbocycles. The minimum Gasteiger partial charge on any atom is -0.354 e. The summed E-state index contributed by atoms with van der Waals surface area (Å²) >= 11 is 0. The fourth-order valence-corrected chi connectivity index (χ4v) is 1.58. The van der Waals surface area contributed by atoms with Crippen LogP contribution in [0.1, 0.15) is 38.7 Å². The molecule has 1 aromatic rings. The summed E-state index contributed by atoms with van der Waals surface area (Å²) in [5.74, 6) is 0.289. The van der Waals surface area contributed by atoms with E-state index in [0.717, 1.165) is 0 Å². The Kier molecular flexibility index (Phi) is 6.96. The van der Waals surface area contributed by atoms with Crippen molar-refractivity contribution in [3.8, 4) is 0 Å². The van der Waals surface area contributed by atoms with Gasteiger partial charge in [-0.25, -0.2) is 0 Å². The molecule has 0 aliphatic rings. The zero-order chi connectivity index (χ0) is 12.9. The molecule has 0 aliphatic heterocycles. The fourth-order valence-electron chi connectivity index (χ4n) is 1.58. The number of hydrogen-bond acceptors (Lipinski definition) is 2. The largest absolute Gasteiger partial charge is 0.354 e. The molecule has 0 aromatic heterocycles. The fraction of sp³-hybridized carbons (Fsp3) is 0.500. The smallest absolute Gasteiger partial charge is 0.220 e. The molecule has 3 N–H and O–H groups in total. The van der Waals surface area contributed by atoms with Crippen molar-refractivity contribution in [2.24, 2.45) is 5.73 Å². The number of hydrogen-bond donors (Lipinski definition) is 2. The van der Waals surface area contributed by atoms with Crippen molar-refractivity contribution in [3.05, 3.63) is 35.9 Å². The van der Waals surface area contributed by atoms with Crippen LogP contribution in [0.25, 0.3) is 0 Å². The summed E-state index contributed by atoms with van der Waals surface area (Å²) < 4.78 is 0. The predicted octanol–water partition coefficient (Wildman–Crippen LogP) is 2.46. The number of halogens is 1. The first kappa shape index (κ1) is 16.9. The van der Waals surface area contributed by atoms with Crippen molar-refractivity contribution in [1.82, 2.24) is 5.32 Å². The van der Waals surface area contributed by atoms with Gasteiger partial charge in [0.05, 0.1) is 0 Å². The molecule has 0 fully saturated rings. The number of rotatable bonds is 5. The van der Waals surface area contributed by atoms with Gasteiger partial charge in [-0.05, 0) is 25.3 Å². The highest BCUT2D eigenvalue weighted by Crippen LogP contribution is 2.17. The Labute approximate surface area is 116 Å². The molecule has 102 valence electrons. The van der Waals surface area contributed by atoms with Gasteiger partial charge in [-0.3, -0.25) is 4.79 Å². The van der Waals surface area contributed by atoms with E-state index in [1.165, 1.54) is 5.56 Å². The summed E-state index contributed by atoms with van der Waals surface area (Å²) in [4.78, 5) is 11.7. The molecule has 4 heteroatoms. The van der Waals surface area contributed by atoms with Gasteiger partial charge in [0.1, 0.15) is 0 Å². The molecule has 1 rings (SSSR count). The van der Waals surface area contributed by atoms with Crippen molar-refractivity contribution in [2.75, 3.05) is 6.54 Å². The molecule has 1 unspecified atom stereocenters. The third kappa shape index (κ3) is 6.62. The lowest BCUT2D eigenvalue weighted by atomic mass is 9.97. The van der Waals surface area contributed by atoms with Crippen LogP contribution in [-0.4, -0.2) is 18.0 Å². The van der Waals surface area contributed by atoms with Crippen molar-refractivity contribution in [1.29, 1.82) is 0 Å². The second-order valence-electron chi connectivity index (χ2n) is 5.28. The van der Waals surface area contributed by atoms with E-state index in [0.29, 0.717) is 13.0 Å². The van der Waals surface area contributed by atoms with Crippen LogP contribution in [0.3, 0.4) is 0 Å². The Bertz CT molecular complexity index is 360. The van der Waals surface area contributed by atoms with E-state index in [4.69, 9.17) is 5.73 Å². The monoisotopic (exact) mass is 270 g/mol. The van der Waals surface area contributed by atoms with Crippen molar-refractivity contribution in [3.63, 3.8) is 0 Å². The Morgan fingerprint density at radius 1 is 1.33 bits per heavy atom. The molecule has 0 radical (unpaired) electrons. The standard InChI is InChI=1S/C14H22N2O.ClH/c1-11(12-7-5-4-6-8-12)9-13(17)16-10-14(2,3)15;/h4-8,11H,9-10,15H2,1-3H3,(H,16,17);1H. The average molecular weight is 271 g/mol. The molecule has 0 spiro atoms. The predicted molar refractivity (Wildman–Crippen MR) is 78.0 cm³/mol. The summed E-state index contributed by atoms with van der Waals surface area (Å²) in [6.07, 6.45) is 0.500. The maximum Gasteiger partial charge on any atom is 0.220 e. The van der Waals surface area contributed by atoms with Gasteiger partial charge < -0.3 is 11.1 Å². The highest BCUT2D eigenvalue weighted by atomic mass is 35.5. The van der Waals surface area contributed by atoms with Crippen LogP contribution >= 0.6 is 12.4 Å². The van der Waals surface area contributed by atoms with Gasteiger partial charge in [0.15, 0.2) is 0 Å². The topological polar surface area (TPSA) is 55.1 Å². The lowest BCUT2D eigenvalue weighted by Gasteiger charge is -2.20. The highest BCUT2D eigenvalue weighted by Gasteiger charge is 2.14. The highest BCUT2D eigenvalue weighted by molar-refractivity contribution is 5.85. The summed E-state index contributed by atoms with van der Waals surface area (Å²) in [5.41, 5.74) is 6.64. The molecule has 0 saturated heterocycles. The summed E-state index contributed by atoms with van der Waals surface area (Å²) in [6.45, 7) is 6.36. The number of benzene rings is 1. The van der Waals surface area contributed by atoms with Crippen LogP contribution in [0, 0.1) is 0 Å². The molecule has 1 atom stereocenters. The third-order valence-corrected chi connectivity index (χ3v) is 2.60. The van der Waals surface area contributed by atoms with Gasteiger partial charge >= 0.3 is 0 Å². The van der Waals surface area contributed by atoms with E-state index < -0.39 is 0 Å². The Morgan fingerprint density at radius 2 is 1.89 bits per heavy atom. The second kappa shape index (κ2) is 7.39. The van der Waals surface area contributed by atoms with Gasteiger partial charge in [-0.1, -0.05) is 37.3 Å². The molecule has 1 amide bonds. The van der Waals surface area contributed by atoms with E-state index in [1.807, 2.05) is 44.2 Å². The Morgan fingerprint density at radius 3 is 2.39 bits per heavy atom. The summed E-state index contributed by atoms with van der Waals surface area (Å²) in [7, 11) is 0. The maximum absolute atomic E-state index is 11.7. The Balaban J connectivity index is 0.00000289. The van der Waals surface area contributed by atoms with Crippen molar-refractivity contribution >= 4 is 18.3 Å². The van der Waals surface area contributed by atoms with Crippen LogP contribution in [0.5, 0.6) is 0 Å². The van der Waals surface area contributed by atoms with Gasteiger partial charge in [0.2, 0.25) is 5.91 Å². The number of nitrogens with one attached hydrogen (secondary N) is 1. The summed E-state index contributed by atoms with van der Waals surface area (Å²) in [6, 6.07) is 10.1. The molecular formula is C14H23ClN2O. The van der Waals surface area contributed by atoms with E-state index >= 15 is 0 Å². The van der Waals surface area contributed by atoms with Crippen LogP contribution in [0.4, 0.5) is 0 Å². The second-order valence-corrected chi connectivity index (χ2v) is 5.28. The number of carbonyl (C=O) groups excluding carboxylic acids is 1. The van der Waals surface area contributed by atoms with Gasteiger partial charge in [-0.2, -0.15) is 0 Å². The lowest BCUT2D eigenvalue weighted by Crippen LogP contribution is -2.45. The number of amides is 1. The van der Waals surface area contributed by atoms with Crippen LogP contribution in [0.2, 0.25) is 0 Å². The minimum absolute atomic E-state index is 0. The molecule has 1 aromatic carbocycles. The number of nitrogens with two attached hydrogens (primary N) is 1. The molecule has 3 nitrogen and oxygen atoms in total. The van der Waals surface area contributed by atoms with Crippen LogP contribution < -0.4 is 11.1 Å². The van der Waals surface area contributed by atoms with E-state index in [1.54, 1.807) is 0 Å². The van der Waals surface area contributed by atoms with Gasteiger partial charge in [-0.15, -0.1) is 12.4 Å². The molecular weight excluding hydrogens is 248 g/mol. The van der Waals surface area contributed by atoms with Crippen LogP contribution in [-0.2, 0) is 4.79 Å². The quantitative estimate of drug-likeness (QED) is 0.864. The van der Waals surface area contributed by atoms with Crippen molar-refractivity contribution in [2.45, 2.75) is 38.6 Å². The first-order valence-electron chi connectivity index (χ1n) is 5.99. The number of carbonyl (C=O) groups is 1. The normalized spacial score (nSPS) is 12.4. The summed E-state index contributed by atoms with van der Waals surface area (Å²) in [5, 5.41) is 2.86. The molecule has 0 aliphatic carbocycles. The molecule has 0 heterocycles. The van der Waals surface area contributed by atoms with Crippen molar-refractivity contribution < 1.29 is 4.79 Å². The molecule has 0 bridgehead atoms. The zero-order valence-corrected chi connectivity index (χ0v) is 12.1. The lowest BCUT2D eigenvalue weighted by molar-refractivity contribution is -0.121. The van der Waals surface area contributed by atoms with E-state index in [2.05, 4.69) is 12.2 Å². The Hall–Kier alpha value is -1.06. The third-order valence-electron chi connectivity index (χ3n) is 2.60. The SMILES string of the molecule is CC(CC(=O)NCC(C)(C)N)c1ccccc1.Cl. The molecule has 18 heavy (non-hydrogen) atoms. The van der Waals surface area contributed by atoms with E-state index in [9.17, 15) is 4.79 Å².